The molecule has 0 bridgehead atoms. The number of aryl methyl sites for hydroxylation is 2. The van der Waals surface area contributed by atoms with Crippen LogP contribution < -0.4 is 4.74 Å². The highest BCUT2D eigenvalue weighted by atomic mass is 16.5. The topological polar surface area (TPSA) is 102 Å². The highest BCUT2D eigenvalue weighted by Crippen LogP contribution is 2.22. The molecule has 1 aromatic heterocycles. The molecule has 0 saturated carbocycles. The van der Waals surface area contributed by atoms with Gasteiger partial charge in [0.25, 0.3) is 0 Å². The van der Waals surface area contributed by atoms with Gasteiger partial charge in [-0.25, -0.2) is 4.79 Å². The first-order valence-corrected chi connectivity index (χ1v) is 9.07. The third-order valence-electron chi connectivity index (χ3n) is 5.04. The lowest BCUT2D eigenvalue weighted by molar-refractivity contribution is -0.148. The molecule has 1 N–H and O–H groups in total. The van der Waals surface area contributed by atoms with Gasteiger partial charge < -0.3 is 24.0 Å². The lowest BCUT2D eigenvalue weighted by Crippen LogP contribution is -2.41. The molecule has 2 atom stereocenters. The van der Waals surface area contributed by atoms with Gasteiger partial charge in [0.05, 0.1) is 23.8 Å². The Labute approximate surface area is 163 Å². The second-order valence-corrected chi connectivity index (χ2v) is 6.91. The SMILES string of the molecule is COC1CC(C(=O)O)N(C(=O)Cc2ccc(OCc3c(C)noc3C)cc2)C1. The van der Waals surface area contributed by atoms with E-state index in [1.165, 1.54) is 12.0 Å². The minimum atomic E-state index is -1.00. The fourth-order valence-corrected chi connectivity index (χ4v) is 3.32. The van der Waals surface area contributed by atoms with Crippen LogP contribution in [0.1, 0.15) is 29.0 Å². The van der Waals surface area contributed by atoms with E-state index in [-0.39, 0.29) is 18.4 Å². The Bertz CT molecular complexity index is 825. The predicted molar refractivity (Wildman–Crippen MR) is 99.0 cm³/mol. The first-order chi connectivity index (χ1) is 13.4. The van der Waals surface area contributed by atoms with E-state index in [4.69, 9.17) is 14.0 Å². The molecule has 0 spiro atoms. The summed E-state index contributed by atoms with van der Waals surface area (Å²) in [5.41, 5.74) is 2.51. The van der Waals surface area contributed by atoms with Crippen LogP contribution in [0.15, 0.2) is 28.8 Å². The predicted octanol–water partition coefficient (Wildman–Crippen LogP) is 2.11. The zero-order chi connectivity index (χ0) is 20.3. The Balaban J connectivity index is 1.59. The molecular weight excluding hydrogens is 364 g/mol. The van der Waals surface area contributed by atoms with Crippen molar-refractivity contribution < 1.29 is 28.7 Å². The van der Waals surface area contributed by atoms with Gasteiger partial charge in [-0.1, -0.05) is 17.3 Å². The smallest absolute Gasteiger partial charge is 0.326 e. The molecule has 2 unspecified atom stereocenters. The Morgan fingerprint density at radius 2 is 2.00 bits per heavy atom. The van der Waals surface area contributed by atoms with Gasteiger partial charge in [0.15, 0.2) is 0 Å². The standard InChI is InChI=1S/C20H24N2O6/c1-12-17(13(2)28-21-12)11-27-15-6-4-14(5-7-15)8-19(23)22-10-16(26-3)9-18(22)20(24)25/h4-7,16,18H,8-11H2,1-3H3,(H,24,25). The average Bonchev–Trinajstić information content (AvgIpc) is 3.25. The van der Waals surface area contributed by atoms with Gasteiger partial charge in [0.2, 0.25) is 5.91 Å². The van der Waals surface area contributed by atoms with Crippen LogP contribution in [-0.2, 0) is 27.4 Å². The maximum atomic E-state index is 12.6. The highest BCUT2D eigenvalue weighted by molar-refractivity contribution is 5.85. The molecule has 2 heterocycles. The van der Waals surface area contributed by atoms with Crippen molar-refractivity contribution in [3.05, 3.63) is 46.8 Å². The van der Waals surface area contributed by atoms with Crippen molar-refractivity contribution in [3.63, 3.8) is 0 Å². The molecule has 1 aliphatic heterocycles. The Kier molecular flexibility index (Phi) is 5.99. The van der Waals surface area contributed by atoms with Crippen molar-refractivity contribution in [3.8, 4) is 5.75 Å². The first-order valence-electron chi connectivity index (χ1n) is 9.07. The third-order valence-corrected chi connectivity index (χ3v) is 5.04. The largest absolute Gasteiger partial charge is 0.489 e. The molecule has 2 aromatic rings. The molecule has 150 valence electrons. The zero-order valence-electron chi connectivity index (χ0n) is 16.2. The number of ether oxygens (including phenoxy) is 2. The quantitative estimate of drug-likeness (QED) is 0.775. The van der Waals surface area contributed by atoms with Crippen LogP contribution in [0, 0.1) is 13.8 Å². The number of carboxylic acid groups (broad SMARTS) is 1. The van der Waals surface area contributed by atoms with E-state index in [0.29, 0.717) is 25.3 Å². The molecule has 1 saturated heterocycles. The maximum absolute atomic E-state index is 12.6. The molecule has 1 amide bonds. The number of amides is 1. The van der Waals surface area contributed by atoms with E-state index >= 15 is 0 Å². The molecule has 0 radical (unpaired) electrons. The highest BCUT2D eigenvalue weighted by Gasteiger charge is 2.39. The van der Waals surface area contributed by atoms with Crippen LogP contribution in [0.25, 0.3) is 0 Å². The van der Waals surface area contributed by atoms with E-state index in [0.717, 1.165) is 22.6 Å². The number of methoxy groups -OCH3 is 1. The van der Waals surface area contributed by atoms with Gasteiger partial charge in [0.1, 0.15) is 24.2 Å². The van der Waals surface area contributed by atoms with Crippen LogP contribution in [-0.4, -0.2) is 52.8 Å². The van der Waals surface area contributed by atoms with Gasteiger partial charge in [0, 0.05) is 20.1 Å². The van der Waals surface area contributed by atoms with Crippen molar-refractivity contribution in [2.75, 3.05) is 13.7 Å². The number of hydrogen-bond donors (Lipinski definition) is 1. The molecule has 8 heteroatoms. The molecule has 1 aliphatic rings. The molecule has 28 heavy (non-hydrogen) atoms. The summed E-state index contributed by atoms with van der Waals surface area (Å²) < 4.78 is 16.1. The number of nitrogens with zero attached hydrogens (tertiary/aromatic N) is 2. The van der Waals surface area contributed by atoms with E-state index in [1.54, 1.807) is 24.3 Å². The van der Waals surface area contributed by atoms with E-state index in [1.807, 2.05) is 13.8 Å². The summed E-state index contributed by atoms with van der Waals surface area (Å²) in [6, 6.07) is 6.35. The number of benzene rings is 1. The zero-order valence-corrected chi connectivity index (χ0v) is 16.2. The summed E-state index contributed by atoms with van der Waals surface area (Å²) in [6.07, 6.45) is 0.196. The van der Waals surface area contributed by atoms with Crippen LogP contribution in [0.2, 0.25) is 0 Å². The molecular formula is C20H24N2O6. The average molecular weight is 388 g/mol. The van der Waals surface area contributed by atoms with Crippen molar-refractivity contribution in [1.29, 1.82) is 0 Å². The van der Waals surface area contributed by atoms with Crippen LogP contribution in [0.3, 0.4) is 0 Å². The summed E-state index contributed by atoms with van der Waals surface area (Å²) >= 11 is 0. The second-order valence-electron chi connectivity index (χ2n) is 6.91. The second kappa shape index (κ2) is 8.43. The molecule has 8 nitrogen and oxygen atoms in total. The number of carbonyl (C=O) groups excluding carboxylic acids is 1. The number of rotatable bonds is 7. The van der Waals surface area contributed by atoms with E-state index < -0.39 is 12.0 Å². The normalized spacial score (nSPS) is 19.0. The number of hydrogen-bond acceptors (Lipinski definition) is 6. The van der Waals surface area contributed by atoms with Crippen molar-refractivity contribution in [2.45, 2.75) is 45.4 Å². The third kappa shape index (κ3) is 4.33. The number of aliphatic carboxylic acids is 1. The van der Waals surface area contributed by atoms with Crippen molar-refractivity contribution in [2.24, 2.45) is 0 Å². The maximum Gasteiger partial charge on any atom is 0.326 e. The van der Waals surface area contributed by atoms with Crippen molar-refractivity contribution >= 4 is 11.9 Å². The number of aromatic nitrogens is 1. The van der Waals surface area contributed by atoms with E-state index in [9.17, 15) is 14.7 Å². The number of carboxylic acids is 1. The summed E-state index contributed by atoms with van der Waals surface area (Å²) in [5.74, 6) is 0.167. The summed E-state index contributed by atoms with van der Waals surface area (Å²) in [6.45, 7) is 4.35. The number of carbonyl (C=O) groups is 2. The van der Waals surface area contributed by atoms with Gasteiger partial charge in [-0.3, -0.25) is 4.79 Å². The fraction of sp³-hybridized carbons (Fsp3) is 0.450. The van der Waals surface area contributed by atoms with Crippen LogP contribution in [0.4, 0.5) is 0 Å². The molecule has 1 aromatic carbocycles. The summed E-state index contributed by atoms with van der Waals surface area (Å²) in [7, 11) is 1.53. The first kappa shape index (κ1) is 19.9. The fourth-order valence-electron chi connectivity index (χ4n) is 3.32. The minimum absolute atomic E-state index is 0.129. The van der Waals surface area contributed by atoms with E-state index in [2.05, 4.69) is 5.16 Å². The monoisotopic (exact) mass is 388 g/mol. The minimum Gasteiger partial charge on any atom is -0.489 e. The Morgan fingerprint density at radius 1 is 1.29 bits per heavy atom. The molecule has 1 fully saturated rings. The van der Waals surface area contributed by atoms with Crippen LogP contribution in [0.5, 0.6) is 5.75 Å². The Hall–Kier alpha value is -2.87. The lowest BCUT2D eigenvalue weighted by atomic mass is 10.1. The lowest BCUT2D eigenvalue weighted by Gasteiger charge is -2.21. The Morgan fingerprint density at radius 3 is 2.57 bits per heavy atom. The molecule has 3 rings (SSSR count). The van der Waals surface area contributed by atoms with Crippen LogP contribution >= 0.6 is 0 Å². The van der Waals surface area contributed by atoms with Gasteiger partial charge >= 0.3 is 5.97 Å². The molecule has 0 aliphatic carbocycles. The number of likely N-dealkylation sites (tertiary alicyclic amines) is 1. The summed E-state index contributed by atoms with van der Waals surface area (Å²) in [5, 5.41) is 13.2. The summed E-state index contributed by atoms with van der Waals surface area (Å²) in [4.78, 5) is 25.4. The van der Waals surface area contributed by atoms with Gasteiger partial charge in [-0.15, -0.1) is 0 Å². The van der Waals surface area contributed by atoms with Gasteiger partial charge in [-0.05, 0) is 31.5 Å². The van der Waals surface area contributed by atoms with Crippen molar-refractivity contribution in [1.82, 2.24) is 10.1 Å². The van der Waals surface area contributed by atoms with Gasteiger partial charge in [-0.2, -0.15) is 0 Å².